The number of ether oxygens (including phenoxy) is 4. The van der Waals surface area contributed by atoms with Gasteiger partial charge in [-0.15, -0.1) is 0 Å². The second kappa shape index (κ2) is 11.9. The summed E-state index contributed by atoms with van der Waals surface area (Å²) in [4.78, 5) is 10.7. The summed E-state index contributed by atoms with van der Waals surface area (Å²) in [6, 6.07) is 0. The minimum absolute atomic E-state index is 0.0463. The van der Waals surface area contributed by atoms with Crippen molar-refractivity contribution in [2.24, 2.45) is 5.41 Å². The Hall–Kier alpha value is -0.910. The second-order valence-electron chi connectivity index (χ2n) is 5.34. The van der Waals surface area contributed by atoms with E-state index in [-0.39, 0.29) is 5.41 Å². The number of hydrogen-bond donors (Lipinski definition) is 0. The van der Waals surface area contributed by atoms with Gasteiger partial charge in [-0.3, -0.25) is 0 Å². The molecule has 0 aromatic rings. The van der Waals surface area contributed by atoms with Crippen molar-refractivity contribution in [3.63, 3.8) is 0 Å². The Labute approximate surface area is 122 Å². The highest BCUT2D eigenvalue weighted by molar-refractivity contribution is 5.81. The molecule has 5 nitrogen and oxygen atoms in total. The Morgan fingerprint density at radius 1 is 1.05 bits per heavy atom. The van der Waals surface area contributed by atoms with Crippen molar-refractivity contribution in [3.8, 4) is 0 Å². The lowest BCUT2D eigenvalue weighted by Gasteiger charge is -2.23. The lowest BCUT2D eigenvalue weighted by atomic mass is 9.96. The standard InChI is InChI=1S/C15H28O5/c1-5-14(16)20-11-7-9-18-8-6-10-19-13-15(2,3)12-17-4/h5H,1,6-13H2,2-4H3. The van der Waals surface area contributed by atoms with Crippen molar-refractivity contribution in [1.82, 2.24) is 0 Å². The van der Waals surface area contributed by atoms with E-state index < -0.39 is 5.97 Å². The van der Waals surface area contributed by atoms with Gasteiger partial charge in [-0.2, -0.15) is 0 Å². The normalized spacial score (nSPS) is 11.3. The number of hydrogen-bond acceptors (Lipinski definition) is 5. The summed E-state index contributed by atoms with van der Waals surface area (Å²) >= 11 is 0. The second-order valence-corrected chi connectivity index (χ2v) is 5.34. The summed E-state index contributed by atoms with van der Waals surface area (Å²) in [5, 5.41) is 0. The van der Waals surface area contributed by atoms with Crippen LogP contribution in [0.25, 0.3) is 0 Å². The van der Waals surface area contributed by atoms with Crippen molar-refractivity contribution in [1.29, 1.82) is 0 Å². The van der Waals surface area contributed by atoms with Gasteiger partial charge in [0.25, 0.3) is 0 Å². The molecule has 0 bridgehead atoms. The SMILES string of the molecule is C=CC(=O)OCCCOCCCOCC(C)(C)COC. The smallest absolute Gasteiger partial charge is 0.330 e. The summed E-state index contributed by atoms with van der Waals surface area (Å²) in [6.45, 7) is 11.2. The maximum atomic E-state index is 10.7. The number of esters is 1. The Kier molecular flexibility index (Phi) is 11.3. The molecule has 0 saturated heterocycles. The third kappa shape index (κ3) is 12.1. The topological polar surface area (TPSA) is 54.0 Å². The summed E-state index contributed by atoms with van der Waals surface area (Å²) in [7, 11) is 1.70. The third-order valence-electron chi connectivity index (χ3n) is 2.45. The van der Waals surface area contributed by atoms with Crippen LogP contribution in [0.2, 0.25) is 0 Å². The Bertz CT molecular complexity index is 263. The molecule has 0 aliphatic heterocycles. The Balaban J connectivity index is 3.25. The van der Waals surface area contributed by atoms with Crippen LogP contribution >= 0.6 is 0 Å². The zero-order chi connectivity index (χ0) is 15.3. The van der Waals surface area contributed by atoms with Gasteiger partial charge in [0.2, 0.25) is 0 Å². The molecule has 0 atom stereocenters. The molecule has 0 aliphatic rings. The van der Waals surface area contributed by atoms with Gasteiger partial charge in [0.1, 0.15) is 0 Å². The molecule has 0 radical (unpaired) electrons. The Morgan fingerprint density at radius 3 is 2.25 bits per heavy atom. The fourth-order valence-corrected chi connectivity index (χ4v) is 1.54. The van der Waals surface area contributed by atoms with Gasteiger partial charge in [-0.05, 0) is 6.42 Å². The first-order chi connectivity index (χ1) is 9.52. The largest absolute Gasteiger partial charge is 0.462 e. The van der Waals surface area contributed by atoms with Gasteiger partial charge >= 0.3 is 5.97 Å². The van der Waals surface area contributed by atoms with Gasteiger partial charge in [0, 0.05) is 44.8 Å². The van der Waals surface area contributed by atoms with Crippen molar-refractivity contribution < 1.29 is 23.7 Å². The predicted octanol–water partition coefficient (Wildman–Crippen LogP) is 2.20. The first kappa shape index (κ1) is 19.1. The molecular weight excluding hydrogens is 260 g/mol. The van der Waals surface area contributed by atoms with Crippen LogP contribution in [0.4, 0.5) is 0 Å². The first-order valence-electron chi connectivity index (χ1n) is 6.95. The molecule has 0 aliphatic carbocycles. The molecule has 0 saturated carbocycles. The van der Waals surface area contributed by atoms with E-state index in [4.69, 9.17) is 18.9 Å². The minimum Gasteiger partial charge on any atom is -0.462 e. The highest BCUT2D eigenvalue weighted by Crippen LogP contribution is 2.15. The molecule has 0 N–H and O–H groups in total. The molecule has 0 aromatic heterocycles. The quantitative estimate of drug-likeness (QED) is 0.295. The molecule has 0 spiro atoms. The van der Waals surface area contributed by atoms with Crippen LogP contribution in [-0.4, -0.2) is 52.7 Å². The summed E-state index contributed by atoms with van der Waals surface area (Å²) in [6.07, 6.45) is 2.71. The zero-order valence-electron chi connectivity index (χ0n) is 13.0. The van der Waals surface area contributed by atoms with E-state index in [1.165, 1.54) is 0 Å². The number of carbonyl (C=O) groups excluding carboxylic acids is 1. The highest BCUT2D eigenvalue weighted by atomic mass is 16.5. The van der Waals surface area contributed by atoms with Crippen LogP contribution in [0.1, 0.15) is 26.7 Å². The van der Waals surface area contributed by atoms with E-state index in [1.807, 2.05) is 0 Å². The summed E-state index contributed by atoms with van der Waals surface area (Å²) in [5.41, 5.74) is 0.0463. The van der Waals surface area contributed by atoms with E-state index in [1.54, 1.807) is 7.11 Å². The molecule has 0 amide bonds. The van der Waals surface area contributed by atoms with Gasteiger partial charge in [-0.25, -0.2) is 4.79 Å². The van der Waals surface area contributed by atoms with Crippen LogP contribution in [0.3, 0.4) is 0 Å². The Morgan fingerprint density at radius 2 is 1.65 bits per heavy atom. The van der Waals surface area contributed by atoms with E-state index in [9.17, 15) is 4.79 Å². The third-order valence-corrected chi connectivity index (χ3v) is 2.45. The van der Waals surface area contributed by atoms with E-state index in [0.29, 0.717) is 46.1 Å². The van der Waals surface area contributed by atoms with Crippen molar-refractivity contribution >= 4 is 5.97 Å². The average molecular weight is 288 g/mol. The molecule has 0 aromatic carbocycles. The van der Waals surface area contributed by atoms with Gasteiger partial charge in [0.15, 0.2) is 0 Å². The molecule has 20 heavy (non-hydrogen) atoms. The molecule has 5 heteroatoms. The maximum Gasteiger partial charge on any atom is 0.330 e. The predicted molar refractivity (Wildman–Crippen MR) is 77.7 cm³/mol. The van der Waals surface area contributed by atoms with Crippen molar-refractivity contribution in [2.45, 2.75) is 26.7 Å². The minimum atomic E-state index is -0.392. The van der Waals surface area contributed by atoms with Gasteiger partial charge in [-0.1, -0.05) is 20.4 Å². The van der Waals surface area contributed by atoms with E-state index >= 15 is 0 Å². The molecular formula is C15H28O5. The van der Waals surface area contributed by atoms with Crippen molar-refractivity contribution in [2.75, 3.05) is 46.8 Å². The fraction of sp³-hybridized carbons (Fsp3) is 0.800. The van der Waals surface area contributed by atoms with Crippen LogP contribution in [0, 0.1) is 5.41 Å². The van der Waals surface area contributed by atoms with Gasteiger partial charge < -0.3 is 18.9 Å². The van der Waals surface area contributed by atoms with Crippen LogP contribution in [0.5, 0.6) is 0 Å². The van der Waals surface area contributed by atoms with Crippen LogP contribution in [-0.2, 0) is 23.7 Å². The fourth-order valence-electron chi connectivity index (χ4n) is 1.54. The molecule has 0 heterocycles. The van der Waals surface area contributed by atoms with Crippen LogP contribution < -0.4 is 0 Å². The number of methoxy groups -OCH3 is 1. The molecule has 0 fully saturated rings. The monoisotopic (exact) mass is 288 g/mol. The van der Waals surface area contributed by atoms with Gasteiger partial charge in [0.05, 0.1) is 19.8 Å². The zero-order valence-corrected chi connectivity index (χ0v) is 13.0. The molecule has 0 rings (SSSR count). The summed E-state index contributed by atoms with van der Waals surface area (Å²) in [5.74, 6) is -0.392. The average Bonchev–Trinajstić information content (AvgIpc) is 2.40. The first-order valence-corrected chi connectivity index (χ1v) is 6.95. The lowest BCUT2D eigenvalue weighted by Crippen LogP contribution is -2.25. The highest BCUT2D eigenvalue weighted by Gasteiger charge is 2.17. The lowest BCUT2D eigenvalue weighted by molar-refractivity contribution is -0.138. The number of carbonyl (C=O) groups is 1. The number of rotatable bonds is 13. The molecule has 118 valence electrons. The maximum absolute atomic E-state index is 10.7. The van der Waals surface area contributed by atoms with E-state index in [0.717, 1.165) is 12.5 Å². The summed E-state index contributed by atoms with van der Waals surface area (Å²) < 4.78 is 20.9. The van der Waals surface area contributed by atoms with E-state index in [2.05, 4.69) is 20.4 Å². The van der Waals surface area contributed by atoms with Crippen LogP contribution in [0.15, 0.2) is 12.7 Å². The van der Waals surface area contributed by atoms with Crippen molar-refractivity contribution in [3.05, 3.63) is 12.7 Å². The molecule has 0 unspecified atom stereocenters.